The summed E-state index contributed by atoms with van der Waals surface area (Å²) in [6.45, 7) is 1.61. The number of amides is 2. The number of aliphatic hydroxyl groups excluding tert-OH is 1. The molecule has 0 atom stereocenters. The number of hydrogen-bond donors (Lipinski definition) is 2. The lowest BCUT2D eigenvalue weighted by Crippen LogP contribution is -2.38. The van der Waals surface area contributed by atoms with Crippen LogP contribution in [0.15, 0.2) is 12.1 Å². The van der Waals surface area contributed by atoms with E-state index in [1.807, 2.05) is 4.90 Å². The summed E-state index contributed by atoms with van der Waals surface area (Å²) in [6, 6.07) is 3.59. The number of likely N-dealkylation sites (tertiary alicyclic amines) is 1. The van der Waals surface area contributed by atoms with Crippen molar-refractivity contribution >= 4 is 28.2 Å². The maximum absolute atomic E-state index is 12.4. The lowest BCUT2D eigenvalue weighted by Gasteiger charge is -2.30. The van der Waals surface area contributed by atoms with Gasteiger partial charge < -0.3 is 15.3 Å². The van der Waals surface area contributed by atoms with Crippen molar-refractivity contribution in [1.82, 2.24) is 4.90 Å². The molecule has 1 aliphatic carbocycles. The topological polar surface area (TPSA) is 69.6 Å². The van der Waals surface area contributed by atoms with Crippen LogP contribution in [0.1, 0.15) is 35.4 Å². The van der Waals surface area contributed by atoms with Gasteiger partial charge in [0.05, 0.1) is 9.88 Å². The normalized spacial score (nSPS) is 19.6. The highest BCUT2D eigenvalue weighted by Gasteiger charge is 2.30. The lowest BCUT2D eigenvalue weighted by molar-refractivity contribution is -0.117. The van der Waals surface area contributed by atoms with E-state index in [2.05, 4.69) is 5.32 Å². The third kappa shape index (κ3) is 3.44. The van der Waals surface area contributed by atoms with E-state index in [9.17, 15) is 9.59 Å². The van der Waals surface area contributed by atoms with Gasteiger partial charge in [-0.2, -0.15) is 0 Å². The maximum Gasteiger partial charge on any atom is 0.263 e. The highest BCUT2D eigenvalue weighted by Crippen LogP contribution is 2.32. The molecule has 21 heavy (non-hydrogen) atoms. The van der Waals surface area contributed by atoms with Crippen molar-refractivity contribution in [3.63, 3.8) is 0 Å². The van der Waals surface area contributed by atoms with E-state index < -0.39 is 0 Å². The Labute approximate surface area is 128 Å². The molecule has 2 N–H and O–H groups in total. The van der Waals surface area contributed by atoms with E-state index in [0.717, 1.165) is 30.7 Å². The van der Waals surface area contributed by atoms with Crippen LogP contribution >= 0.6 is 11.3 Å². The second kappa shape index (κ2) is 6.15. The van der Waals surface area contributed by atoms with Gasteiger partial charge in [-0.25, -0.2) is 0 Å². The molecule has 2 amide bonds. The predicted molar refractivity (Wildman–Crippen MR) is 81.4 cm³/mol. The first-order chi connectivity index (χ1) is 10.2. The number of thiophene rings is 1. The number of anilines is 1. The minimum absolute atomic E-state index is 0.0308. The van der Waals surface area contributed by atoms with Crippen molar-refractivity contribution in [3.05, 3.63) is 17.0 Å². The molecule has 1 aromatic rings. The van der Waals surface area contributed by atoms with Crippen LogP contribution < -0.4 is 5.32 Å². The fourth-order valence-electron chi connectivity index (χ4n) is 2.56. The quantitative estimate of drug-likeness (QED) is 0.893. The highest BCUT2D eigenvalue weighted by atomic mass is 32.1. The summed E-state index contributed by atoms with van der Waals surface area (Å²) in [5.41, 5.74) is 0. The van der Waals surface area contributed by atoms with Gasteiger partial charge in [0.25, 0.3) is 5.91 Å². The molecule has 3 rings (SSSR count). The summed E-state index contributed by atoms with van der Waals surface area (Å²) < 4.78 is 0. The fraction of sp³-hybridized carbons (Fsp3) is 0.600. The summed E-state index contributed by atoms with van der Waals surface area (Å²) in [5.74, 6) is 0.595. The van der Waals surface area contributed by atoms with Crippen LogP contribution in [0.25, 0.3) is 0 Å². The molecule has 0 bridgehead atoms. The first kappa shape index (κ1) is 14.5. The van der Waals surface area contributed by atoms with Crippen LogP contribution in [0.5, 0.6) is 0 Å². The van der Waals surface area contributed by atoms with Crippen LogP contribution in [0.4, 0.5) is 5.00 Å². The zero-order valence-corrected chi connectivity index (χ0v) is 12.7. The van der Waals surface area contributed by atoms with Gasteiger partial charge >= 0.3 is 0 Å². The van der Waals surface area contributed by atoms with Crippen molar-refractivity contribution in [2.24, 2.45) is 11.8 Å². The number of hydrogen-bond acceptors (Lipinski definition) is 4. The standard InChI is InChI=1S/C15H20N2O3S/c18-9-10-5-7-17(8-6-10)15(20)12-3-4-13(21-12)16-14(19)11-1-2-11/h3-4,10-11,18H,1-2,5-9H2,(H,16,19). The highest BCUT2D eigenvalue weighted by molar-refractivity contribution is 7.18. The van der Waals surface area contributed by atoms with E-state index in [1.54, 1.807) is 12.1 Å². The van der Waals surface area contributed by atoms with Gasteiger partial charge in [-0.3, -0.25) is 9.59 Å². The Kier molecular flexibility index (Phi) is 4.26. The molecule has 114 valence electrons. The van der Waals surface area contributed by atoms with E-state index in [0.29, 0.717) is 23.9 Å². The molecular formula is C15H20N2O3S. The molecule has 2 fully saturated rings. The molecule has 0 unspecified atom stereocenters. The number of carbonyl (C=O) groups excluding carboxylic acids is 2. The molecule has 1 aliphatic heterocycles. The Morgan fingerprint density at radius 3 is 2.57 bits per heavy atom. The van der Waals surface area contributed by atoms with Crippen LogP contribution in [0.2, 0.25) is 0 Å². The van der Waals surface area contributed by atoms with Crippen LogP contribution in [0, 0.1) is 11.8 Å². The second-order valence-corrected chi connectivity index (χ2v) is 6.93. The number of nitrogens with one attached hydrogen (secondary N) is 1. The van der Waals surface area contributed by atoms with E-state index in [4.69, 9.17) is 5.11 Å². The zero-order valence-electron chi connectivity index (χ0n) is 11.9. The number of piperidine rings is 1. The number of aliphatic hydroxyl groups is 1. The molecule has 0 radical (unpaired) electrons. The van der Waals surface area contributed by atoms with E-state index in [-0.39, 0.29) is 24.3 Å². The van der Waals surface area contributed by atoms with Gasteiger partial charge in [0, 0.05) is 25.6 Å². The number of carbonyl (C=O) groups is 2. The Bertz CT molecular complexity index is 531. The van der Waals surface area contributed by atoms with Gasteiger partial charge in [-0.1, -0.05) is 0 Å². The largest absolute Gasteiger partial charge is 0.396 e. The lowest BCUT2D eigenvalue weighted by atomic mass is 9.98. The first-order valence-corrected chi connectivity index (χ1v) is 8.30. The van der Waals surface area contributed by atoms with Crippen molar-refractivity contribution < 1.29 is 14.7 Å². The van der Waals surface area contributed by atoms with Crippen molar-refractivity contribution in [3.8, 4) is 0 Å². The molecule has 6 heteroatoms. The Hall–Kier alpha value is -1.40. The van der Waals surface area contributed by atoms with E-state index >= 15 is 0 Å². The molecule has 1 aromatic heterocycles. The SMILES string of the molecule is O=C(Nc1ccc(C(=O)N2CCC(CO)CC2)s1)C1CC1. The van der Waals surface area contributed by atoms with Crippen LogP contribution in [-0.4, -0.2) is 41.5 Å². The molecular weight excluding hydrogens is 288 g/mol. The Balaban J connectivity index is 1.57. The monoisotopic (exact) mass is 308 g/mol. The molecule has 0 aromatic carbocycles. The fourth-order valence-corrected chi connectivity index (χ4v) is 3.44. The smallest absolute Gasteiger partial charge is 0.263 e. The van der Waals surface area contributed by atoms with Crippen LogP contribution in [-0.2, 0) is 4.79 Å². The number of nitrogens with zero attached hydrogens (tertiary/aromatic N) is 1. The molecule has 1 saturated heterocycles. The molecule has 5 nitrogen and oxygen atoms in total. The summed E-state index contributed by atoms with van der Waals surface area (Å²) in [5, 5.41) is 12.8. The summed E-state index contributed by atoms with van der Waals surface area (Å²) in [6.07, 6.45) is 3.67. The van der Waals surface area contributed by atoms with Gasteiger partial charge in [0.2, 0.25) is 5.91 Å². The summed E-state index contributed by atoms with van der Waals surface area (Å²) in [4.78, 5) is 26.6. The Morgan fingerprint density at radius 1 is 1.24 bits per heavy atom. The summed E-state index contributed by atoms with van der Waals surface area (Å²) in [7, 11) is 0. The van der Waals surface area contributed by atoms with Crippen LogP contribution in [0.3, 0.4) is 0 Å². The first-order valence-electron chi connectivity index (χ1n) is 7.48. The molecule has 2 aliphatic rings. The zero-order chi connectivity index (χ0) is 14.8. The summed E-state index contributed by atoms with van der Waals surface area (Å²) >= 11 is 1.34. The average molecular weight is 308 g/mol. The molecule has 2 heterocycles. The molecule has 0 spiro atoms. The minimum Gasteiger partial charge on any atom is -0.396 e. The second-order valence-electron chi connectivity index (χ2n) is 5.85. The Morgan fingerprint density at radius 2 is 1.95 bits per heavy atom. The minimum atomic E-state index is 0.0308. The third-order valence-electron chi connectivity index (χ3n) is 4.17. The third-order valence-corrected chi connectivity index (χ3v) is 5.16. The van der Waals surface area contributed by atoms with Crippen molar-refractivity contribution in [2.75, 3.05) is 25.0 Å². The van der Waals surface area contributed by atoms with Gasteiger partial charge in [0.15, 0.2) is 0 Å². The van der Waals surface area contributed by atoms with Crippen molar-refractivity contribution in [1.29, 1.82) is 0 Å². The van der Waals surface area contributed by atoms with Gasteiger partial charge in [-0.05, 0) is 43.7 Å². The maximum atomic E-state index is 12.4. The van der Waals surface area contributed by atoms with Gasteiger partial charge in [0.1, 0.15) is 0 Å². The number of rotatable bonds is 4. The van der Waals surface area contributed by atoms with E-state index in [1.165, 1.54) is 11.3 Å². The molecule has 1 saturated carbocycles. The average Bonchev–Trinajstić information content (AvgIpc) is 3.27. The van der Waals surface area contributed by atoms with Gasteiger partial charge in [-0.15, -0.1) is 11.3 Å². The van der Waals surface area contributed by atoms with Crippen molar-refractivity contribution in [2.45, 2.75) is 25.7 Å². The predicted octanol–water partition coefficient (Wildman–Crippen LogP) is 1.94.